The molecule has 1 radical (unpaired) electrons. The van der Waals surface area contributed by atoms with Crippen molar-refractivity contribution in [1.29, 1.82) is 0 Å². The number of allylic oxidation sites excluding steroid dienone is 3. The summed E-state index contributed by atoms with van der Waals surface area (Å²) in [6.45, 7) is 7.64. The van der Waals surface area contributed by atoms with Gasteiger partial charge in [-0.15, -0.1) is 0 Å². The molecule has 0 aromatic rings. The van der Waals surface area contributed by atoms with Crippen LogP contribution in [0.3, 0.4) is 0 Å². The van der Waals surface area contributed by atoms with Gasteiger partial charge in [-0.2, -0.15) is 0 Å². The Bertz CT molecular complexity index is 420. The van der Waals surface area contributed by atoms with Crippen molar-refractivity contribution in [3.05, 3.63) is 24.8 Å². The van der Waals surface area contributed by atoms with Crippen LogP contribution in [0.25, 0.3) is 0 Å². The molecule has 0 atom stereocenters. The summed E-state index contributed by atoms with van der Waals surface area (Å²) in [7, 11) is 0. The zero-order valence-electron chi connectivity index (χ0n) is 25.9. The van der Waals surface area contributed by atoms with Crippen molar-refractivity contribution in [3.8, 4) is 0 Å². The van der Waals surface area contributed by atoms with Crippen molar-refractivity contribution in [2.24, 2.45) is 0 Å². The molecule has 0 nitrogen and oxygen atoms in total. The molecular weight excluding hydrogens is 444 g/mol. The van der Waals surface area contributed by atoms with E-state index in [0.717, 1.165) is 0 Å². The molecule has 0 aromatic carbocycles. The molecule has 0 fully saturated rings. The lowest BCUT2D eigenvalue weighted by atomic mass is 10.0. The number of hydrogen-bond acceptors (Lipinski definition) is 0. The Balaban J connectivity index is 3.02. The lowest BCUT2D eigenvalue weighted by Gasteiger charge is -2.04. The summed E-state index contributed by atoms with van der Waals surface area (Å²) in [5, 5.41) is 0. The van der Waals surface area contributed by atoms with E-state index in [1.54, 1.807) is 6.08 Å². The Morgan fingerprint density at radius 1 is 0.324 bits per heavy atom. The topological polar surface area (TPSA) is 0 Å². The van der Waals surface area contributed by atoms with E-state index < -0.39 is 0 Å². The molecule has 0 saturated carbocycles. The fourth-order valence-electron chi connectivity index (χ4n) is 5.64. The fraction of sp³-hybridized carbons (Fsp3) is 0.892. The van der Waals surface area contributed by atoms with Crippen LogP contribution < -0.4 is 0 Å². The number of hydrogen-bond donors (Lipinski definition) is 0. The van der Waals surface area contributed by atoms with Crippen LogP contribution in [-0.4, -0.2) is 0 Å². The minimum absolute atomic E-state index is 1.19. The molecule has 0 aliphatic heterocycles. The van der Waals surface area contributed by atoms with Gasteiger partial charge in [-0.25, -0.2) is 0 Å². The fourth-order valence-corrected chi connectivity index (χ4v) is 5.64. The van der Waals surface area contributed by atoms with Crippen LogP contribution in [0, 0.1) is 6.58 Å². The first-order chi connectivity index (χ1) is 18.4. The third kappa shape index (κ3) is 35.5. The summed E-state index contributed by atoms with van der Waals surface area (Å²) in [6, 6.07) is 0. The van der Waals surface area contributed by atoms with E-state index in [1.165, 1.54) is 205 Å². The summed E-state index contributed by atoms with van der Waals surface area (Å²) in [5.41, 5.74) is 0. The quantitative estimate of drug-likeness (QED) is 0.0602. The molecule has 37 heavy (non-hydrogen) atoms. The molecule has 0 rings (SSSR count). The minimum Gasteiger partial charge on any atom is -0.0845 e. The molecule has 0 bridgehead atoms. The zero-order chi connectivity index (χ0) is 26.7. The summed E-state index contributed by atoms with van der Waals surface area (Å²) in [6.07, 6.45) is 52.4. The maximum Gasteiger partial charge on any atom is -0.0348 e. The van der Waals surface area contributed by atoms with Gasteiger partial charge in [-0.05, 0) is 12.8 Å². The van der Waals surface area contributed by atoms with Crippen molar-refractivity contribution >= 4 is 0 Å². The largest absolute Gasteiger partial charge is 0.0845 e. The van der Waals surface area contributed by atoms with Crippen LogP contribution in [0.4, 0.5) is 0 Å². The molecule has 0 saturated heterocycles. The van der Waals surface area contributed by atoms with E-state index in [2.05, 4.69) is 13.0 Å². The molecule has 0 heteroatoms. The van der Waals surface area contributed by atoms with Crippen LogP contribution >= 0.6 is 0 Å². The maximum atomic E-state index is 5.33. The van der Waals surface area contributed by atoms with Gasteiger partial charge in [0.15, 0.2) is 0 Å². The summed E-state index contributed by atoms with van der Waals surface area (Å²) < 4.78 is 0. The molecular formula is C37H71. The van der Waals surface area contributed by atoms with Gasteiger partial charge >= 0.3 is 0 Å². The standard InChI is InChI=1S/C37H71/c1-3-5-7-9-11-13-15-17-19-21-23-25-27-29-31-33-35-37-36-34-32-30-28-26-24-22-20-18-16-14-12-10-8-6-4-2/h1,3,5,7H,4,6,8-37H2,2H3/b3-1?,7-5+. The highest BCUT2D eigenvalue weighted by Crippen LogP contribution is 2.16. The highest BCUT2D eigenvalue weighted by Gasteiger charge is 1.97. The molecule has 0 aromatic heterocycles. The van der Waals surface area contributed by atoms with Crippen molar-refractivity contribution in [3.63, 3.8) is 0 Å². The zero-order valence-corrected chi connectivity index (χ0v) is 25.9. The Kier molecular flexibility index (Phi) is 35.0. The van der Waals surface area contributed by atoms with Crippen molar-refractivity contribution in [2.75, 3.05) is 0 Å². The van der Waals surface area contributed by atoms with E-state index >= 15 is 0 Å². The highest BCUT2D eigenvalue weighted by molar-refractivity contribution is 4.95. The molecule has 0 heterocycles. The van der Waals surface area contributed by atoms with Gasteiger partial charge in [0.25, 0.3) is 0 Å². The normalized spacial score (nSPS) is 11.6. The third-order valence-corrected chi connectivity index (χ3v) is 8.22. The number of unbranched alkanes of at least 4 members (excludes halogenated alkanes) is 31. The third-order valence-electron chi connectivity index (χ3n) is 8.22. The van der Waals surface area contributed by atoms with Crippen molar-refractivity contribution in [1.82, 2.24) is 0 Å². The van der Waals surface area contributed by atoms with Crippen LogP contribution in [0.2, 0.25) is 0 Å². The average molecular weight is 516 g/mol. The molecule has 0 amide bonds. The Morgan fingerprint density at radius 2 is 0.541 bits per heavy atom. The smallest absolute Gasteiger partial charge is 0.0348 e. The first-order valence-corrected chi connectivity index (χ1v) is 17.6. The first-order valence-electron chi connectivity index (χ1n) is 17.6. The lowest BCUT2D eigenvalue weighted by molar-refractivity contribution is 0.512. The number of rotatable bonds is 33. The van der Waals surface area contributed by atoms with E-state index in [0.29, 0.717) is 0 Å². The highest BCUT2D eigenvalue weighted by atomic mass is 14.0. The van der Waals surface area contributed by atoms with Gasteiger partial charge in [0.2, 0.25) is 0 Å². The summed E-state index contributed by atoms with van der Waals surface area (Å²) in [5.74, 6) is 0. The van der Waals surface area contributed by atoms with E-state index in [9.17, 15) is 0 Å². The van der Waals surface area contributed by atoms with Crippen molar-refractivity contribution < 1.29 is 0 Å². The average Bonchev–Trinajstić information content (AvgIpc) is 2.91. The SMILES string of the molecule is [CH]=C/C=C/CCCCCCCCCCCCCCCCCCCCCCCCCCCCCCCCC. The predicted molar refractivity (Wildman–Crippen MR) is 171 cm³/mol. The monoisotopic (exact) mass is 516 g/mol. The molecule has 0 aliphatic carbocycles. The minimum atomic E-state index is 1.19. The van der Waals surface area contributed by atoms with Crippen LogP contribution in [-0.2, 0) is 0 Å². The maximum absolute atomic E-state index is 5.33. The Morgan fingerprint density at radius 3 is 0.757 bits per heavy atom. The second-order valence-corrected chi connectivity index (χ2v) is 12.0. The van der Waals surface area contributed by atoms with E-state index in [4.69, 9.17) is 6.58 Å². The molecule has 0 N–H and O–H groups in total. The Labute approximate surface area is 236 Å². The summed E-state index contributed by atoms with van der Waals surface area (Å²) >= 11 is 0. The molecule has 219 valence electrons. The molecule has 0 aliphatic rings. The Hall–Kier alpha value is -0.520. The molecule has 0 spiro atoms. The first kappa shape index (κ1) is 36.5. The molecule has 0 unspecified atom stereocenters. The predicted octanol–water partition coefficient (Wildman–Crippen LogP) is 14.0. The lowest BCUT2D eigenvalue weighted by Crippen LogP contribution is -1.85. The summed E-state index contributed by atoms with van der Waals surface area (Å²) in [4.78, 5) is 0. The van der Waals surface area contributed by atoms with Gasteiger partial charge in [0.1, 0.15) is 0 Å². The second-order valence-electron chi connectivity index (χ2n) is 12.0. The van der Waals surface area contributed by atoms with E-state index in [-0.39, 0.29) is 0 Å². The van der Waals surface area contributed by atoms with Gasteiger partial charge in [-0.3, -0.25) is 0 Å². The van der Waals surface area contributed by atoms with Crippen LogP contribution in [0.5, 0.6) is 0 Å². The van der Waals surface area contributed by atoms with Crippen LogP contribution in [0.1, 0.15) is 212 Å². The van der Waals surface area contributed by atoms with Gasteiger partial charge in [0, 0.05) is 0 Å². The van der Waals surface area contributed by atoms with Crippen molar-refractivity contribution in [2.45, 2.75) is 212 Å². The van der Waals surface area contributed by atoms with E-state index in [1.807, 2.05) is 6.08 Å². The van der Waals surface area contributed by atoms with Gasteiger partial charge in [0.05, 0.1) is 0 Å². The second kappa shape index (κ2) is 35.5. The van der Waals surface area contributed by atoms with Gasteiger partial charge in [-0.1, -0.05) is 224 Å². The van der Waals surface area contributed by atoms with Gasteiger partial charge < -0.3 is 0 Å². The van der Waals surface area contributed by atoms with Crippen LogP contribution in [0.15, 0.2) is 18.2 Å².